The van der Waals surface area contributed by atoms with Gasteiger partial charge < -0.3 is 15.4 Å². The number of benzene rings is 1. The number of hydrogen-bond acceptors (Lipinski definition) is 4. The lowest BCUT2D eigenvalue weighted by Crippen LogP contribution is -2.44. The molecule has 21 heavy (non-hydrogen) atoms. The van der Waals surface area contributed by atoms with Gasteiger partial charge in [-0.25, -0.2) is 9.59 Å². The van der Waals surface area contributed by atoms with Crippen LogP contribution in [-0.2, 0) is 9.53 Å². The van der Waals surface area contributed by atoms with Crippen LogP contribution in [0.2, 0.25) is 0 Å². The Hall–Kier alpha value is -1.95. The van der Waals surface area contributed by atoms with Crippen LogP contribution in [-0.4, -0.2) is 30.9 Å². The number of esters is 1. The lowest BCUT2D eigenvalue weighted by atomic mass is 10.2. The number of carbonyl (C=O) groups is 2. The minimum absolute atomic E-state index is 0.203. The molecule has 2 amide bonds. The van der Waals surface area contributed by atoms with Gasteiger partial charge in [-0.15, -0.1) is 11.8 Å². The van der Waals surface area contributed by atoms with Gasteiger partial charge in [0.1, 0.15) is 0 Å². The van der Waals surface area contributed by atoms with Crippen molar-refractivity contribution in [2.45, 2.75) is 18.7 Å². The van der Waals surface area contributed by atoms with Crippen molar-refractivity contribution in [2.75, 3.05) is 18.9 Å². The highest BCUT2D eigenvalue weighted by atomic mass is 32.2. The second kappa shape index (κ2) is 7.17. The summed E-state index contributed by atoms with van der Waals surface area (Å²) in [4.78, 5) is 24.5. The molecule has 0 bridgehead atoms. The quantitative estimate of drug-likeness (QED) is 0.646. The molecule has 1 aromatic carbocycles. The van der Waals surface area contributed by atoms with Crippen LogP contribution in [0, 0.1) is 6.92 Å². The number of urea groups is 1. The molecule has 1 aromatic rings. The number of amides is 2. The van der Waals surface area contributed by atoms with Crippen LogP contribution in [0.5, 0.6) is 0 Å². The van der Waals surface area contributed by atoms with E-state index < -0.39 is 0 Å². The van der Waals surface area contributed by atoms with Gasteiger partial charge in [0.25, 0.3) is 0 Å². The largest absolute Gasteiger partial charge is 0.463 e. The summed E-state index contributed by atoms with van der Waals surface area (Å²) < 4.78 is 5.03. The average molecular weight is 306 g/mol. The van der Waals surface area contributed by atoms with Crippen LogP contribution < -0.4 is 10.6 Å². The predicted octanol–water partition coefficient (Wildman–Crippen LogP) is 2.22. The Kier molecular flexibility index (Phi) is 5.27. The summed E-state index contributed by atoms with van der Waals surface area (Å²) in [5, 5.41) is 5.30. The summed E-state index contributed by atoms with van der Waals surface area (Å²) in [7, 11) is 0. The van der Waals surface area contributed by atoms with Crippen molar-refractivity contribution in [2.24, 2.45) is 0 Å². The monoisotopic (exact) mass is 306 g/mol. The van der Waals surface area contributed by atoms with Gasteiger partial charge in [0.15, 0.2) is 0 Å². The first-order valence-electron chi connectivity index (χ1n) is 6.74. The third-order valence-corrected chi connectivity index (χ3v) is 4.24. The molecule has 0 fully saturated rings. The van der Waals surface area contributed by atoms with Gasteiger partial charge in [0.2, 0.25) is 0 Å². The first-order chi connectivity index (χ1) is 10.1. The first-order valence-corrected chi connectivity index (χ1v) is 7.72. The van der Waals surface area contributed by atoms with Crippen LogP contribution in [0.15, 0.2) is 40.4 Å². The van der Waals surface area contributed by atoms with Crippen molar-refractivity contribution in [1.82, 2.24) is 10.6 Å². The van der Waals surface area contributed by atoms with Gasteiger partial charge >= 0.3 is 12.0 Å². The van der Waals surface area contributed by atoms with Crippen LogP contribution in [0.4, 0.5) is 4.79 Å². The molecule has 0 aromatic heterocycles. The fourth-order valence-corrected chi connectivity index (χ4v) is 2.95. The van der Waals surface area contributed by atoms with E-state index in [9.17, 15) is 9.59 Å². The number of ether oxygens (including phenoxy) is 1. The molecule has 6 heteroatoms. The van der Waals surface area contributed by atoms with Gasteiger partial charge in [-0.05, 0) is 25.5 Å². The van der Waals surface area contributed by atoms with Crippen molar-refractivity contribution < 1.29 is 14.3 Å². The Morgan fingerprint density at radius 1 is 1.38 bits per heavy atom. The van der Waals surface area contributed by atoms with E-state index in [1.807, 2.05) is 31.2 Å². The van der Waals surface area contributed by atoms with Gasteiger partial charge in [0.05, 0.1) is 18.7 Å². The standard InChI is InChI=1S/C15H18N2O3S/c1-3-20-14(18)11-8-16-15(19)17-12(11)9-21-13-7-5-4-6-10(13)2/h4-7H,3,8-9H2,1-2H3,(H2,16,17,19). The van der Waals surface area contributed by atoms with Crippen LogP contribution in [0.25, 0.3) is 0 Å². The zero-order valence-corrected chi connectivity index (χ0v) is 12.9. The van der Waals surface area contributed by atoms with E-state index in [4.69, 9.17) is 4.74 Å². The number of hydrogen-bond donors (Lipinski definition) is 2. The Morgan fingerprint density at radius 3 is 2.86 bits per heavy atom. The fraction of sp³-hybridized carbons (Fsp3) is 0.333. The molecule has 0 unspecified atom stereocenters. The number of aryl methyl sites for hydroxylation is 1. The number of carbonyl (C=O) groups excluding carboxylic acids is 2. The maximum atomic E-state index is 11.9. The molecule has 0 saturated carbocycles. The zero-order chi connectivity index (χ0) is 15.2. The minimum Gasteiger partial charge on any atom is -0.463 e. The van der Waals surface area contributed by atoms with Gasteiger partial charge in [-0.1, -0.05) is 18.2 Å². The Labute approximate surface area is 128 Å². The molecular formula is C15H18N2O3S. The average Bonchev–Trinajstić information content (AvgIpc) is 2.46. The van der Waals surface area contributed by atoms with Crippen molar-refractivity contribution in [3.63, 3.8) is 0 Å². The highest BCUT2D eigenvalue weighted by Gasteiger charge is 2.23. The maximum absolute atomic E-state index is 11.9. The van der Waals surface area contributed by atoms with Gasteiger partial charge in [0, 0.05) is 16.3 Å². The number of rotatable bonds is 5. The van der Waals surface area contributed by atoms with E-state index in [0.29, 0.717) is 23.6 Å². The van der Waals surface area contributed by atoms with Crippen molar-refractivity contribution >= 4 is 23.8 Å². The highest BCUT2D eigenvalue weighted by molar-refractivity contribution is 7.99. The van der Waals surface area contributed by atoms with E-state index >= 15 is 0 Å². The normalized spacial score (nSPS) is 14.5. The summed E-state index contributed by atoms with van der Waals surface area (Å²) in [5.74, 6) is 0.136. The van der Waals surface area contributed by atoms with Crippen molar-refractivity contribution in [3.8, 4) is 0 Å². The molecule has 1 aliphatic heterocycles. The molecule has 0 saturated heterocycles. The third kappa shape index (κ3) is 4.01. The van der Waals surface area contributed by atoms with Crippen LogP contribution in [0.1, 0.15) is 12.5 Å². The molecule has 0 atom stereocenters. The number of nitrogens with one attached hydrogen (secondary N) is 2. The summed E-state index contributed by atoms with van der Waals surface area (Å²) in [5.41, 5.74) is 2.27. The molecule has 0 aliphatic carbocycles. The highest BCUT2D eigenvalue weighted by Crippen LogP contribution is 2.25. The van der Waals surface area contributed by atoms with Crippen LogP contribution >= 0.6 is 11.8 Å². The summed E-state index contributed by atoms with van der Waals surface area (Å²) in [6.07, 6.45) is 0. The summed E-state index contributed by atoms with van der Waals surface area (Å²) in [6.45, 7) is 4.31. The molecular weight excluding hydrogens is 288 g/mol. The SMILES string of the molecule is CCOC(=O)C1=C(CSc2ccccc2C)NC(=O)NC1. The molecule has 0 spiro atoms. The molecule has 2 N–H and O–H groups in total. The van der Waals surface area contributed by atoms with Crippen molar-refractivity contribution in [3.05, 3.63) is 41.1 Å². The van der Waals surface area contributed by atoms with Gasteiger partial charge in [-0.3, -0.25) is 0 Å². The van der Waals surface area contributed by atoms with Crippen LogP contribution in [0.3, 0.4) is 0 Å². The molecule has 112 valence electrons. The summed E-state index contributed by atoms with van der Waals surface area (Å²) in [6, 6.07) is 7.71. The lowest BCUT2D eigenvalue weighted by Gasteiger charge is -2.21. The first kappa shape index (κ1) is 15.4. The Bertz CT molecular complexity index is 584. The van der Waals surface area contributed by atoms with E-state index in [2.05, 4.69) is 10.6 Å². The predicted molar refractivity (Wildman–Crippen MR) is 82.1 cm³/mol. The third-order valence-electron chi connectivity index (χ3n) is 3.04. The van der Waals surface area contributed by atoms with E-state index in [1.165, 1.54) is 5.56 Å². The lowest BCUT2D eigenvalue weighted by molar-refractivity contribution is -0.138. The van der Waals surface area contributed by atoms with E-state index in [0.717, 1.165) is 4.90 Å². The molecule has 1 heterocycles. The van der Waals surface area contributed by atoms with E-state index in [-0.39, 0.29) is 18.5 Å². The molecule has 2 rings (SSSR count). The second-order valence-corrected chi connectivity index (χ2v) is 5.56. The van der Waals surface area contributed by atoms with Gasteiger partial charge in [-0.2, -0.15) is 0 Å². The smallest absolute Gasteiger partial charge is 0.337 e. The van der Waals surface area contributed by atoms with E-state index in [1.54, 1.807) is 18.7 Å². The Balaban J connectivity index is 2.14. The zero-order valence-electron chi connectivity index (χ0n) is 12.1. The fourth-order valence-electron chi connectivity index (χ4n) is 1.94. The molecule has 5 nitrogen and oxygen atoms in total. The Morgan fingerprint density at radius 2 is 2.14 bits per heavy atom. The number of thioether (sulfide) groups is 1. The topological polar surface area (TPSA) is 67.4 Å². The second-order valence-electron chi connectivity index (χ2n) is 4.54. The minimum atomic E-state index is -0.384. The molecule has 1 aliphatic rings. The maximum Gasteiger partial charge on any atom is 0.337 e. The summed E-state index contributed by atoms with van der Waals surface area (Å²) >= 11 is 1.59. The molecule has 0 radical (unpaired) electrons. The van der Waals surface area contributed by atoms with Crippen molar-refractivity contribution in [1.29, 1.82) is 0 Å².